The molecule has 1 heterocycles. The average molecular weight is 232 g/mol. The van der Waals surface area contributed by atoms with Crippen LogP contribution in [0.15, 0.2) is 30.3 Å². The number of hydrogen-bond donors (Lipinski definition) is 1. The van der Waals surface area contributed by atoms with Gasteiger partial charge >= 0.3 is 0 Å². The maximum Gasteiger partial charge on any atom is 0.0237 e. The lowest BCUT2D eigenvalue weighted by Gasteiger charge is -2.45. The highest BCUT2D eigenvalue weighted by atomic mass is 15.2. The molecule has 2 nitrogen and oxygen atoms in total. The number of rotatable bonds is 2. The van der Waals surface area contributed by atoms with E-state index in [0.717, 1.165) is 13.1 Å². The van der Waals surface area contributed by atoms with Gasteiger partial charge in [0.15, 0.2) is 0 Å². The van der Waals surface area contributed by atoms with Crippen LogP contribution in [0.1, 0.15) is 26.3 Å². The summed E-state index contributed by atoms with van der Waals surface area (Å²) in [5.41, 5.74) is 7.70. The van der Waals surface area contributed by atoms with E-state index in [0.29, 0.717) is 23.9 Å². The zero-order valence-corrected chi connectivity index (χ0v) is 11.1. The summed E-state index contributed by atoms with van der Waals surface area (Å²) in [6.07, 6.45) is 0. The first kappa shape index (κ1) is 12.6. The van der Waals surface area contributed by atoms with E-state index < -0.39 is 0 Å². The third kappa shape index (κ3) is 2.70. The Morgan fingerprint density at radius 2 is 1.82 bits per heavy atom. The van der Waals surface area contributed by atoms with Gasteiger partial charge in [-0.15, -0.1) is 0 Å². The topological polar surface area (TPSA) is 29.3 Å². The summed E-state index contributed by atoms with van der Waals surface area (Å²) < 4.78 is 0. The van der Waals surface area contributed by atoms with Crippen molar-refractivity contribution in [1.29, 1.82) is 0 Å². The van der Waals surface area contributed by atoms with E-state index >= 15 is 0 Å². The molecule has 2 N–H and O–H groups in total. The number of piperidine rings is 1. The molecule has 2 heteroatoms. The molecule has 0 bridgehead atoms. The highest BCUT2D eigenvalue weighted by Gasteiger charge is 2.34. The summed E-state index contributed by atoms with van der Waals surface area (Å²) in [5, 5.41) is 0. The Morgan fingerprint density at radius 3 is 2.47 bits per heavy atom. The van der Waals surface area contributed by atoms with Crippen LogP contribution >= 0.6 is 0 Å². The van der Waals surface area contributed by atoms with Gasteiger partial charge in [0.1, 0.15) is 0 Å². The predicted molar refractivity (Wildman–Crippen MR) is 72.6 cm³/mol. The maximum absolute atomic E-state index is 6.31. The SMILES string of the molecule is C[C@@H]1[C@@H](N)[C@@H](C)N(Cc2ccccc2)C[C@H]1C. The summed E-state index contributed by atoms with van der Waals surface area (Å²) in [7, 11) is 0. The number of likely N-dealkylation sites (tertiary alicyclic amines) is 1. The van der Waals surface area contributed by atoms with Crippen LogP contribution in [0.2, 0.25) is 0 Å². The zero-order valence-electron chi connectivity index (χ0n) is 11.1. The van der Waals surface area contributed by atoms with Gasteiger partial charge in [0.2, 0.25) is 0 Å². The maximum atomic E-state index is 6.31. The molecule has 0 saturated carbocycles. The zero-order chi connectivity index (χ0) is 12.4. The third-order valence-corrected chi connectivity index (χ3v) is 4.39. The van der Waals surface area contributed by atoms with Crippen LogP contribution in [0, 0.1) is 11.8 Å². The van der Waals surface area contributed by atoms with Crippen molar-refractivity contribution in [2.75, 3.05) is 6.54 Å². The van der Waals surface area contributed by atoms with Crippen LogP contribution in [0.5, 0.6) is 0 Å². The van der Waals surface area contributed by atoms with Crippen LogP contribution < -0.4 is 5.73 Å². The minimum absolute atomic E-state index is 0.294. The average Bonchev–Trinajstić information content (AvgIpc) is 2.35. The molecular formula is C15H24N2. The minimum atomic E-state index is 0.294. The van der Waals surface area contributed by atoms with Crippen molar-refractivity contribution in [3.63, 3.8) is 0 Å². The lowest BCUT2D eigenvalue weighted by molar-refractivity contribution is 0.0586. The van der Waals surface area contributed by atoms with Crippen molar-refractivity contribution in [3.8, 4) is 0 Å². The minimum Gasteiger partial charge on any atom is -0.326 e. The molecular weight excluding hydrogens is 208 g/mol. The van der Waals surface area contributed by atoms with Crippen molar-refractivity contribution < 1.29 is 0 Å². The Bertz CT molecular complexity index is 349. The number of nitrogens with zero attached hydrogens (tertiary/aromatic N) is 1. The van der Waals surface area contributed by atoms with E-state index in [-0.39, 0.29) is 0 Å². The number of hydrogen-bond acceptors (Lipinski definition) is 2. The Balaban J connectivity index is 2.06. The third-order valence-electron chi connectivity index (χ3n) is 4.39. The van der Waals surface area contributed by atoms with Gasteiger partial charge in [-0.3, -0.25) is 4.90 Å². The summed E-state index contributed by atoms with van der Waals surface area (Å²) >= 11 is 0. The van der Waals surface area contributed by atoms with E-state index in [1.54, 1.807) is 0 Å². The summed E-state index contributed by atoms with van der Waals surface area (Å²) in [6, 6.07) is 11.4. The van der Waals surface area contributed by atoms with Gasteiger partial charge in [-0.05, 0) is 24.3 Å². The molecule has 1 aromatic rings. The van der Waals surface area contributed by atoms with E-state index in [9.17, 15) is 0 Å². The highest BCUT2D eigenvalue weighted by Crippen LogP contribution is 2.27. The van der Waals surface area contributed by atoms with Gasteiger partial charge in [-0.25, -0.2) is 0 Å². The quantitative estimate of drug-likeness (QED) is 0.849. The first-order chi connectivity index (χ1) is 8.09. The normalized spacial score (nSPS) is 34.8. The molecule has 1 fully saturated rings. The smallest absolute Gasteiger partial charge is 0.0237 e. The molecule has 0 spiro atoms. The highest BCUT2D eigenvalue weighted by molar-refractivity contribution is 5.15. The monoisotopic (exact) mass is 232 g/mol. The molecule has 4 atom stereocenters. The first-order valence-corrected chi connectivity index (χ1v) is 6.63. The van der Waals surface area contributed by atoms with Gasteiger partial charge in [0.25, 0.3) is 0 Å². The van der Waals surface area contributed by atoms with Gasteiger partial charge in [-0.1, -0.05) is 44.2 Å². The lowest BCUT2D eigenvalue weighted by atomic mass is 9.81. The second-order valence-corrected chi connectivity index (χ2v) is 5.57. The van der Waals surface area contributed by atoms with Gasteiger partial charge in [0, 0.05) is 25.2 Å². The fourth-order valence-electron chi connectivity index (χ4n) is 2.79. The largest absolute Gasteiger partial charge is 0.326 e. The molecule has 1 aromatic carbocycles. The van der Waals surface area contributed by atoms with Crippen molar-refractivity contribution >= 4 is 0 Å². The molecule has 0 amide bonds. The molecule has 1 aliphatic rings. The van der Waals surface area contributed by atoms with Gasteiger partial charge in [0.05, 0.1) is 0 Å². The van der Waals surface area contributed by atoms with Crippen molar-refractivity contribution in [2.45, 2.75) is 39.4 Å². The molecule has 1 saturated heterocycles. The fraction of sp³-hybridized carbons (Fsp3) is 0.600. The Kier molecular flexibility index (Phi) is 3.85. The molecule has 94 valence electrons. The second kappa shape index (κ2) is 5.19. The molecule has 0 aromatic heterocycles. The molecule has 0 unspecified atom stereocenters. The number of nitrogens with two attached hydrogens (primary N) is 1. The lowest BCUT2D eigenvalue weighted by Crippen LogP contribution is -2.56. The fourth-order valence-corrected chi connectivity index (χ4v) is 2.79. The summed E-state index contributed by atoms with van der Waals surface area (Å²) in [6.45, 7) is 9.04. The molecule has 2 rings (SSSR count). The van der Waals surface area contributed by atoms with Crippen LogP contribution in [0.3, 0.4) is 0 Å². The molecule has 17 heavy (non-hydrogen) atoms. The Labute approximate surface area is 105 Å². The summed E-state index contributed by atoms with van der Waals surface area (Å²) in [5.74, 6) is 1.31. The van der Waals surface area contributed by atoms with E-state index in [1.807, 2.05) is 0 Å². The Morgan fingerprint density at radius 1 is 1.18 bits per heavy atom. The van der Waals surface area contributed by atoms with Crippen LogP contribution in [0.25, 0.3) is 0 Å². The molecule has 1 aliphatic heterocycles. The van der Waals surface area contributed by atoms with Gasteiger partial charge < -0.3 is 5.73 Å². The standard InChI is InChI=1S/C15H24N2/c1-11-9-17(13(3)15(16)12(11)2)10-14-7-5-4-6-8-14/h4-8,11-13,15H,9-10,16H2,1-3H3/t11-,12+,13-,15-/m1/s1. The van der Waals surface area contributed by atoms with E-state index in [2.05, 4.69) is 56.0 Å². The van der Waals surface area contributed by atoms with E-state index in [1.165, 1.54) is 5.56 Å². The van der Waals surface area contributed by atoms with Crippen molar-refractivity contribution in [3.05, 3.63) is 35.9 Å². The molecule has 0 radical (unpaired) electrons. The number of benzene rings is 1. The van der Waals surface area contributed by atoms with Crippen LogP contribution in [-0.2, 0) is 6.54 Å². The summed E-state index contributed by atoms with van der Waals surface area (Å²) in [4.78, 5) is 2.52. The van der Waals surface area contributed by atoms with E-state index in [4.69, 9.17) is 5.73 Å². The van der Waals surface area contributed by atoms with Gasteiger partial charge in [-0.2, -0.15) is 0 Å². The molecule has 0 aliphatic carbocycles. The first-order valence-electron chi connectivity index (χ1n) is 6.63. The van der Waals surface area contributed by atoms with Crippen molar-refractivity contribution in [2.24, 2.45) is 17.6 Å². The van der Waals surface area contributed by atoms with Crippen molar-refractivity contribution in [1.82, 2.24) is 4.90 Å². The predicted octanol–water partition coefficient (Wildman–Crippen LogP) is 2.49. The Hall–Kier alpha value is -0.860. The van der Waals surface area contributed by atoms with Crippen LogP contribution in [0.4, 0.5) is 0 Å². The van der Waals surface area contributed by atoms with Crippen LogP contribution in [-0.4, -0.2) is 23.5 Å². The second-order valence-electron chi connectivity index (χ2n) is 5.57.